The zero-order valence-corrected chi connectivity index (χ0v) is 13.0. The Morgan fingerprint density at radius 3 is 1.53 bits per heavy atom. The van der Waals surface area contributed by atoms with Gasteiger partial charge >= 0.3 is 0 Å². The van der Waals surface area contributed by atoms with E-state index in [-0.39, 0.29) is 0 Å². The molecule has 2 unspecified atom stereocenters. The summed E-state index contributed by atoms with van der Waals surface area (Å²) in [5, 5.41) is 0. The molecule has 0 saturated heterocycles. The van der Waals surface area contributed by atoms with Crippen LogP contribution in [-0.4, -0.2) is 48.1 Å². The smallest absolute Gasteiger partial charge is 0.00929 e. The lowest BCUT2D eigenvalue weighted by atomic mass is 10.0. The number of hydrogen-bond acceptors (Lipinski definition) is 2. The Kier molecular flexibility index (Phi) is 9.85. The minimum absolute atomic E-state index is 0.731. The second-order valence-corrected chi connectivity index (χ2v) is 4.93. The fourth-order valence-electron chi connectivity index (χ4n) is 2.85. The van der Waals surface area contributed by atoms with Crippen molar-refractivity contribution in [2.45, 2.75) is 72.9 Å². The van der Waals surface area contributed by atoms with Crippen LogP contribution in [0.1, 0.15) is 60.8 Å². The molecule has 0 amide bonds. The molecule has 104 valence electrons. The molecule has 0 radical (unpaired) electrons. The Morgan fingerprint density at radius 2 is 1.18 bits per heavy atom. The lowest BCUT2D eigenvalue weighted by Gasteiger charge is -2.32. The van der Waals surface area contributed by atoms with Crippen molar-refractivity contribution in [2.75, 3.05) is 26.2 Å². The first-order valence-corrected chi connectivity index (χ1v) is 7.62. The highest BCUT2D eigenvalue weighted by atomic mass is 15.2. The number of nitrogens with zero attached hydrogens (tertiary/aromatic N) is 2. The van der Waals surface area contributed by atoms with E-state index in [1.54, 1.807) is 0 Å². The van der Waals surface area contributed by atoms with Crippen LogP contribution in [0, 0.1) is 0 Å². The van der Waals surface area contributed by atoms with Gasteiger partial charge in [-0.05, 0) is 52.4 Å². The Balaban J connectivity index is 4.12. The average Bonchev–Trinajstić information content (AvgIpc) is 2.35. The van der Waals surface area contributed by atoms with Gasteiger partial charge in [0, 0.05) is 12.1 Å². The predicted molar refractivity (Wildman–Crippen MR) is 78.6 cm³/mol. The topological polar surface area (TPSA) is 6.48 Å². The first-order valence-electron chi connectivity index (χ1n) is 7.62. The monoisotopic (exact) mass is 242 g/mol. The minimum Gasteiger partial charge on any atom is -0.301 e. The molecule has 2 heteroatoms. The summed E-state index contributed by atoms with van der Waals surface area (Å²) in [6.07, 6.45) is 3.96. The summed E-state index contributed by atoms with van der Waals surface area (Å²) >= 11 is 0. The van der Waals surface area contributed by atoms with Gasteiger partial charge in [-0.3, -0.25) is 0 Å². The molecule has 0 fully saturated rings. The number of rotatable bonds is 10. The lowest BCUT2D eigenvalue weighted by Crippen LogP contribution is -2.37. The Labute approximate surface area is 109 Å². The Bertz CT molecular complexity index is 162. The van der Waals surface area contributed by atoms with Gasteiger partial charge < -0.3 is 9.80 Å². The fourth-order valence-corrected chi connectivity index (χ4v) is 2.85. The van der Waals surface area contributed by atoms with E-state index >= 15 is 0 Å². The van der Waals surface area contributed by atoms with Crippen LogP contribution in [0.2, 0.25) is 0 Å². The largest absolute Gasteiger partial charge is 0.301 e. The van der Waals surface area contributed by atoms with Gasteiger partial charge in [0.15, 0.2) is 0 Å². The Morgan fingerprint density at radius 1 is 0.706 bits per heavy atom. The van der Waals surface area contributed by atoms with Crippen LogP contribution in [0.5, 0.6) is 0 Å². The summed E-state index contributed by atoms with van der Waals surface area (Å²) in [4.78, 5) is 5.17. The van der Waals surface area contributed by atoms with Crippen molar-refractivity contribution in [1.82, 2.24) is 9.80 Å². The summed E-state index contributed by atoms with van der Waals surface area (Å²) < 4.78 is 0. The molecule has 0 aromatic rings. The molecule has 0 aliphatic heterocycles. The van der Waals surface area contributed by atoms with Gasteiger partial charge in [0.25, 0.3) is 0 Å². The molecule has 0 aromatic heterocycles. The summed E-state index contributed by atoms with van der Waals surface area (Å²) in [7, 11) is 0. The maximum atomic E-state index is 2.61. The predicted octanol–water partition coefficient (Wildman–Crippen LogP) is 3.62. The quantitative estimate of drug-likeness (QED) is 0.577. The van der Waals surface area contributed by atoms with Crippen LogP contribution in [0.4, 0.5) is 0 Å². The molecule has 0 spiro atoms. The third-order valence-electron chi connectivity index (χ3n) is 4.15. The molecule has 0 aliphatic carbocycles. The molecule has 2 nitrogen and oxygen atoms in total. The van der Waals surface area contributed by atoms with Crippen LogP contribution in [0.3, 0.4) is 0 Å². The maximum Gasteiger partial charge on any atom is 0.00929 e. The van der Waals surface area contributed by atoms with Gasteiger partial charge in [-0.1, -0.05) is 34.6 Å². The first-order chi connectivity index (χ1) is 8.14. The van der Waals surface area contributed by atoms with E-state index in [0.29, 0.717) is 0 Å². The standard InChI is InChI=1S/C15H34N2/c1-7-15(17(10-4)11-5)13-12-14(6)16(8-2)9-3/h14-15H,7-13H2,1-6H3. The molecule has 0 saturated carbocycles. The lowest BCUT2D eigenvalue weighted by molar-refractivity contribution is 0.166. The molecule has 0 aliphatic rings. The van der Waals surface area contributed by atoms with Crippen LogP contribution in [-0.2, 0) is 0 Å². The van der Waals surface area contributed by atoms with Crippen LogP contribution >= 0.6 is 0 Å². The molecule has 0 aromatic carbocycles. The third-order valence-corrected chi connectivity index (χ3v) is 4.15. The summed E-state index contributed by atoms with van der Waals surface area (Å²) in [6, 6.07) is 1.51. The third kappa shape index (κ3) is 5.87. The van der Waals surface area contributed by atoms with Gasteiger partial charge in [0.2, 0.25) is 0 Å². The molecule has 0 heterocycles. The van der Waals surface area contributed by atoms with E-state index in [9.17, 15) is 0 Å². The van der Waals surface area contributed by atoms with Crippen LogP contribution in [0.15, 0.2) is 0 Å². The van der Waals surface area contributed by atoms with Crippen LogP contribution < -0.4 is 0 Å². The SMILES string of the molecule is CCC(CCC(C)N(CC)CC)N(CC)CC. The molecular formula is C15H34N2. The molecule has 0 rings (SSSR count). The van der Waals surface area contributed by atoms with Crippen molar-refractivity contribution >= 4 is 0 Å². The van der Waals surface area contributed by atoms with Crippen molar-refractivity contribution in [2.24, 2.45) is 0 Å². The molecular weight excluding hydrogens is 208 g/mol. The van der Waals surface area contributed by atoms with Crippen molar-refractivity contribution in [1.29, 1.82) is 0 Å². The van der Waals surface area contributed by atoms with Crippen molar-refractivity contribution in [3.05, 3.63) is 0 Å². The maximum absolute atomic E-state index is 2.61. The summed E-state index contributed by atoms with van der Waals surface area (Å²) in [6.45, 7) is 18.5. The van der Waals surface area contributed by atoms with E-state index in [4.69, 9.17) is 0 Å². The summed E-state index contributed by atoms with van der Waals surface area (Å²) in [5.74, 6) is 0. The van der Waals surface area contributed by atoms with Crippen molar-refractivity contribution in [3.63, 3.8) is 0 Å². The molecule has 0 bridgehead atoms. The van der Waals surface area contributed by atoms with Crippen molar-refractivity contribution in [3.8, 4) is 0 Å². The van der Waals surface area contributed by atoms with Gasteiger partial charge in [-0.25, -0.2) is 0 Å². The van der Waals surface area contributed by atoms with E-state index in [0.717, 1.165) is 12.1 Å². The zero-order chi connectivity index (χ0) is 13.3. The normalized spacial score (nSPS) is 15.5. The van der Waals surface area contributed by atoms with E-state index in [2.05, 4.69) is 51.3 Å². The van der Waals surface area contributed by atoms with Gasteiger partial charge in [0.1, 0.15) is 0 Å². The first kappa shape index (κ1) is 16.9. The van der Waals surface area contributed by atoms with Crippen LogP contribution in [0.25, 0.3) is 0 Å². The Hall–Kier alpha value is -0.0800. The molecule has 2 atom stereocenters. The second-order valence-electron chi connectivity index (χ2n) is 4.93. The molecule has 0 N–H and O–H groups in total. The minimum atomic E-state index is 0.731. The van der Waals surface area contributed by atoms with E-state index < -0.39 is 0 Å². The second kappa shape index (κ2) is 9.90. The van der Waals surface area contributed by atoms with Gasteiger partial charge in [0.05, 0.1) is 0 Å². The summed E-state index contributed by atoms with van der Waals surface area (Å²) in [5.41, 5.74) is 0. The highest BCUT2D eigenvalue weighted by Crippen LogP contribution is 2.14. The zero-order valence-electron chi connectivity index (χ0n) is 13.0. The number of hydrogen-bond donors (Lipinski definition) is 0. The average molecular weight is 242 g/mol. The highest BCUT2D eigenvalue weighted by Gasteiger charge is 2.16. The van der Waals surface area contributed by atoms with E-state index in [1.165, 1.54) is 45.4 Å². The van der Waals surface area contributed by atoms with Gasteiger partial charge in [-0.15, -0.1) is 0 Å². The highest BCUT2D eigenvalue weighted by molar-refractivity contribution is 4.73. The van der Waals surface area contributed by atoms with Gasteiger partial charge in [-0.2, -0.15) is 0 Å². The molecule has 17 heavy (non-hydrogen) atoms. The van der Waals surface area contributed by atoms with E-state index in [1.807, 2.05) is 0 Å². The fraction of sp³-hybridized carbons (Fsp3) is 1.00. The van der Waals surface area contributed by atoms with Crippen molar-refractivity contribution < 1.29 is 0 Å².